The zero-order valence-corrected chi connectivity index (χ0v) is 12.7. The average Bonchev–Trinajstić information content (AvgIpc) is 2.90. The van der Waals surface area contributed by atoms with E-state index in [1.807, 2.05) is 6.92 Å². The van der Waals surface area contributed by atoms with Gasteiger partial charge in [0.15, 0.2) is 0 Å². The molecular weight excluding hydrogens is 309 g/mol. The second-order valence-corrected chi connectivity index (χ2v) is 5.67. The van der Waals surface area contributed by atoms with Gasteiger partial charge >= 0.3 is 0 Å². The van der Waals surface area contributed by atoms with Gasteiger partial charge < -0.3 is 4.90 Å². The number of hydrogen-bond donors (Lipinski definition) is 0. The molecule has 1 aromatic carbocycles. The maximum absolute atomic E-state index is 12.7. The molecular formula is C15H11Cl2N3O. The molecule has 0 unspecified atom stereocenters. The molecule has 0 radical (unpaired) electrons. The van der Waals surface area contributed by atoms with E-state index < -0.39 is 0 Å². The van der Waals surface area contributed by atoms with Crippen LogP contribution >= 0.6 is 23.2 Å². The minimum atomic E-state index is -0.183. The number of terminal acetylenes is 1. The van der Waals surface area contributed by atoms with Crippen LogP contribution in [-0.2, 0) is 0 Å². The van der Waals surface area contributed by atoms with Crippen LogP contribution in [0.4, 0.5) is 5.69 Å². The summed E-state index contributed by atoms with van der Waals surface area (Å²) in [6.07, 6.45) is 6.99. The monoisotopic (exact) mass is 319 g/mol. The Kier molecular flexibility index (Phi) is 3.40. The quantitative estimate of drug-likeness (QED) is 0.756. The third kappa shape index (κ3) is 2.19. The molecule has 106 valence electrons. The van der Waals surface area contributed by atoms with Crippen LogP contribution in [0.2, 0.25) is 10.0 Å². The van der Waals surface area contributed by atoms with E-state index in [0.717, 1.165) is 0 Å². The summed E-state index contributed by atoms with van der Waals surface area (Å²) in [6, 6.07) is 5.14. The van der Waals surface area contributed by atoms with Gasteiger partial charge in [0.05, 0.1) is 27.8 Å². The number of anilines is 1. The molecule has 0 saturated heterocycles. The number of benzene rings is 1. The van der Waals surface area contributed by atoms with E-state index in [0.29, 0.717) is 33.5 Å². The standard InChI is InChI=1S/C15H11Cl2N3O/c1-3-10-7-18-20-9(2)8-19(15(21)14(10)20)11-4-5-12(16)13(17)6-11/h1,4-7,9H,8H2,2H3/t9-/m0/s1. The lowest BCUT2D eigenvalue weighted by molar-refractivity contribution is 0.0953. The minimum Gasteiger partial charge on any atom is -0.305 e. The van der Waals surface area contributed by atoms with E-state index in [1.165, 1.54) is 0 Å². The van der Waals surface area contributed by atoms with Crippen molar-refractivity contribution in [3.05, 3.63) is 45.7 Å². The summed E-state index contributed by atoms with van der Waals surface area (Å²) >= 11 is 12.0. The molecule has 1 aliphatic rings. The van der Waals surface area contributed by atoms with Gasteiger partial charge in [0.1, 0.15) is 5.69 Å². The smallest absolute Gasteiger partial charge is 0.277 e. The molecule has 1 atom stereocenters. The zero-order valence-electron chi connectivity index (χ0n) is 11.2. The van der Waals surface area contributed by atoms with Crippen molar-refractivity contribution in [3.63, 3.8) is 0 Å². The first-order valence-electron chi connectivity index (χ1n) is 6.34. The topological polar surface area (TPSA) is 38.1 Å². The van der Waals surface area contributed by atoms with Crippen molar-refractivity contribution in [2.45, 2.75) is 13.0 Å². The SMILES string of the molecule is C#Cc1cnn2c1C(=O)N(c1ccc(Cl)c(Cl)c1)C[C@@H]2C. The average molecular weight is 320 g/mol. The molecule has 2 heterocycles. The summed E-state index contributed by atoms with van der Waals surface area (Å²) in [4.78, 5) is 14.3. The Balaban J connectivity index is 2.08. The first kappa shape index (κ1) is 14.0. The fraction of sp³-hybridized carbons (Fsp3) is 0.200. The molecule has 0 N–H and O–H groups in total. The Morgan fingerprint density at radius 1 is 1.38 bits per heavy atom. The molecule has 0 bridgehead atoms. The number of rotatable bonds is 1. The predicted octanol–water partition coefficient (Wildman–Crippen LogP) is 3.39. The van der Waals surface area contributed by atoms with Crippen LogP contribution in [0.25, 0.3) is 0 Å². The largest absolute Gasteiger partial charge is 0.305 e. The molecule has 0 saturated carbocycles. The third-order valence-corrected chi connectivity index (χ3v) is 4.22. The van der Waals surface area contributed by atoms with E-state index in [9.17, 15) is 4.79 Å². The number of amides is 1. The maximum atomic E-state index is 12.7. The van der Waals surface area contributed by atoms with Gasteiger partial charge in [-0.05, 0) is 25.1 Å². The Hall–Kier alpha value is -1.96. The summed E-state index contributed by atoms with van der Waals surface area (Å²) in [7, 11) is 0. The molecule has 0 fully saturated rings. The number of fused-ring (bicyclic) bond motifs is 1. The van der Waals surface area contributed by atoms with E-state index >= 15 is 0 Å². The highest BCUT2D eigenvalue weighted by Crippen LogP contribution is 2.31. The maximum Gasteiger partial charge on any atom is 0.277 e. The van der Waals surface area contributed by atoms with Gasteiger partial charge in [-0.25, -0.2) is 0 Å². The van der Waals surface area contributed by atoms with Crippen molar-refractivity contribution in [1.82, 2.24) is 9.78 Å². The van der Waals surface area contributed by atoms with Crippen molar-refractivity contribution >= 4 is 34.8 Å². The first-order valence-corrected chi connectivity index (χ1v) is 7.09. The fourth-order valence-corrected chi connectivity index (χ4v) is 2.74. The van der Waals surface area contributed by atoms with Gasteiger partial charge in [-0.2, -0.15) is 5.10 Å². The van der Waals surface area contributed by atoms with Crippen molar-refractivity contribution in [2.75, 3.05) is 11.4 Å². The van der Waals surface area contributed by atoms with Gasteiger partial charge in [-0.3, -0.25) is 9.48 Å². The van der Waals surface area contributed by atoms with E-state index in [-0.39, 0.29) is 11.9 Å². The molecule has 0 aliphatic carbocycles. The van der Waals surface area contributed by atoms with Crippen LogP contribution in [0.3, 0.4) is 0 Å². The predicted molar refractivity (Wildman–Crippen MR) is 83.0 cm³/mol. The van der Waals surface area contributed by atoms with E-state index in [1.54, 1.807) is 34.0 Å². The zero-order chi connectivity index (χ0) is 15.1. The van der Waals surface area contributed by atoms with Gasteiger partial charge in [-0.15, -0.1) is 6.42 Å². The molecule has 1 amide bonds. The lowest BCUT2D eigenvalue weighted by atomic mass is 10.1. The Labute approximate surface area is 132 Å². The lowest BCUT2D eigenvalue weighted by Crippen LogP contribution is -2.43. The minimum absolute atomic E-state index is 0.0225. The third-order valence-electron chi connectivity index (χ3n) is 3.48. The van der Waals surface area contributed by atoms with Gasteiger partial charge in [0, 0.05) is 12.2 Å². The fourth-order valence-electron chi connectivity index (χ4n) is 2.44. The van der Waals surface area contributed by atoms with Crippen LogP contribution in [0, 0.1) is 12.3 Å². The lowest BCUT2D eigenvalue weighted by Gasteiger charge is -2.32. The van der Waals surface area contributed by atoms with Crippen molar-refractivity contribution in [1.29, 1.82) is 0 Å². The second-order valence-electron chi connectivity index (χ2n) is 4.86. The van der Waals surface area contributed by atoms with Crippen molar-refractivity contribution in [3.8, 4) is 12.3 Å². The summed E-state index contributed by atoms with van der Waals surface area (Å²) in [6.45, 7) is 2.48. The van der Waals surface area contributed by atoms with Gasteiger partial charge in [0.25, 0.3) is 5.91 Å². The molecule has 2 aromatic rings. The highest BCUT2D eigenvalue weighted by molar-refractivity contribution is 6.42. The number of aromatic nitrogens is 2. The van der Waals surface area contributed by atoms with Crippen molar-refractivity contribution < 1.29 is 4.79 Å². The van der Waals surface area contributed by atoms with Gasteiger partial charge in [-0.1, -0.05) is 29.1 Å². The van der Waals surface area contributed by atoms with Crippen LogP contribution in [0.1, 0.15) is 29.0 Å². The summed E-state index contributed by atoms with van der Waals surface area (Å²) in [5.41, 5.74) is 1.62. The molecule has 1 aromatic heterocycles. The van der Waals surface area contributed by atoms with Crippen LogP contribution in [-0.4, -0.2) is 22.2 Å². The molecule has 21 heavy (non-hydrogen) atoms. The Bertz CT molecular complexity index is 776. The second kappa shape index (κ2) is 5.10. The normalized spacial score (nSPS) is 17.5. The Morgan fingerprint density at radius 3 is 2.81 bits per heavy atom. The summed E-state index contributed by atoms with van der Waals surface area (Å²) in [5.74, 6) is 2.32. The molecule has 3 rings (SSSR count). The highest BCUT2D eigenvalue weighted by atomic mass is 35.5. The number of halogens is 2. The summed E-state index contributed by atoms with van der Waals surface area (Å²) < 4.78 is 1.67. The molecule has 0 spiro atoms. The van der Waals surface area contributed by atoms with E-state index in [2.05, 4.69) is 11.0 Å². The van der Waals surface area contributed by atoms with Crippen LogP contribution in [0.15, 0.2) is 24.4 Å². The molecule has 6 heteroatoms. The van der Waals surface area contributed by atoms with E-state index in [4.69, 9.17) is 29.6 Å². The summed E-state index contributed by atoms with van der Waals surface area (Å²) in [5, 5.41) is 5.06. The highest BCUT2D eigenvalue weighted by Gasteiger charge is 2.33. The number of hydrogen-bond acceptors (Lipinski definition) is 2. The van der Waals surface area contributed by atoms with Gasteiger partial charge in [0.2, 0.25) is 0 Å². The number of nitrogens with zero attached hydrogens (tertiary/aromatic N) is 3. The Morgan fingerprint density at radius 2 is 2.14 bits per heavy atom. The van der Waals surface area contributed by atoms with Crippen LogP contribution < -0.4 is 4.90 Å². The number of carbonyl (C=O) groups is 1. The van der Waals surface area contributed by atoms with Crippen molar-refractivity contribution in [2.24, 2.45) is 0 Å². The molecule has 4 nitrogen and oxygen atoms in total. The van der Waals surface area contributed by atoms with Crippen LogP contribution in [0.5, 0.6) is 0 Å². The first-order chi connectivity index (χ1) is 10.0. The molecule has 1 aliphatic heterocycles. The number of carbonyl (C=O) groups excluding carboxylic acids is 1.